The molecule has 1 aromatic rings. The van der Waals surface area contributed by atoms with Crippen LogP contribution in [0.15, 0.2) is 40.5 Å². The predicted molar refractivity (Wildman–Crippen MR) is 124 cm³/mol. The molecule has 1 fully saturated rings. The number of carbonyl (C=O) groups is 3. The molecule has 0 aliphatic carbocycles. The summed E-state index contributed by atoms with van der Waals surface area (Å²) in [5.74, 6) is 4.86. The number of amides is 1. The second-order valence-corrected chi connectivity index (χ2v) is 8.16. The molecule has 178 valence electrons. The number of ether oxygens (including phenoxy) is 3. The van der Waals surface area contributed by atoms with E-state index < -0.39 is 23.4 Å². The molecule has 1 spiro atoms. The van der Waals surface area contributed by atoms with E-state index in [1.807, 2.05) is 29.2 Å². The van der Waals surface area contributed by atoms with E-state index in [9.17, 15) is 14.4 Å². The van der Waals surface area contributed by atoms with Gasteiger partial charge < -0.3 is 19.1 Å². The van der Waals surface area contributed by atoms with E-state index in [1.54, 1.807) is 18.9 Å². The Balaban J connectivity index is 2.07. The van der Waals surface area contributed by atoms with Gasteiger partial charge in [0.15, 0.2) is 5.70 Å². The summed E-state index contributed by atoms with van der Waals surface area (Å²) < 4.78 is 15.4. The fourth-order valence-corrected chi connectivity index (χ4v) is 5.26. The van der Waals surface area contributed by atoms with Gasteiger partial charge in [-0.3, -0.25) is 9.69 Å². The highest BCUT2D eigenvalue weighted by Crippen LogP contribution is 2.55. The minimum Gasteiger partial charge on any atom is -0.466 e. The maximum atomic E-state index is 13.2. The van der Waals surface area contributed by atoms with Crippen molar-refractivity contribution in [2.75, 3.05) is 45.9 Å². The molecule has 0 unspecified atom stereocenters. The summed E-state index contributed by atoms with van der Waals surface area (Å²) in [6.45, 7) is 2.61. The quantitative estimate of drug-likeness (QED) is 0.463. The smallest absolute Gasteiger partial charge is 0.357 e. The molecule has 3 aliphatic rings. The number of nitrogens with zero attached hydrogens (tertiary/aromatic N) is 3. The second-order valence-electron chi connectivity index (χ2n) is 8.16. The first-order valence-corrected chi connectivity index (χ1v) is 11.0. The number of rotatable bonds is 6. The predicted octanol–water partition coefficient (Wildman–Crippen LogP) is 1.42. The Morgan fingerprint density at radius 3 is 2.59 bits per heavy atom. The van der Waals surface area contributed by atoms with Crippen molar-refractivity contribution in [1.29, 1.82) is 0 Å². The van der Waals surface area contributed by atoms with Crippen LogP contribution in [0.1, 0.15) is 25.3 Å². The molecule has 1 amide bonds. The van der Waals surface area contributed by atoms with Gasteiger partial charge in [-0.1, -0.05) is 24.1 Å². The fraction of sp³-hybridized carbons (Fsp3) is 0.440. The van der Waals surface area contributed by atoms with Crippen molar-refractivity contribution in [2.24, 2.45) is 4.99 Å². The van der Waals surface area contributed by atoms with Crippen LogP contribution in [0.2, 0.25) is 0 Å². The molecule has 4 rings (SSSR count). The molecule has 1 aromatic carbocycles. The maximum Gasteiger partial charge on any atom is 0.357 e. The van der Waals surface area contributed by atoms with Gasteiger partial charge in [0.2, 0.25) is 5.91 Å². The average molecular weight is 466 g/mol. The van der Waals surface area contributed by atoms with Crippen molar-refractivity contribution in [3.05, 3.63) is 41.1 Å². The highest BCUT2D eigenvalue weighted by atomic mass is 16.5. The number of piperidine rings is 1. The zero-order chi connectivity index (χ0) is 24.5. The van der Waals surface area contributed by atoms with Crippen molar-refractivity contribution in [1.82, 2.24) is 4.90 Å². The third kappa shape index (κ3) is 3.37. The van der Waals surface area contributed by atoms with Gasteiger partial charge in [-0.2, -0.15) is 0 Å². The van der Waals surface area contributed by atoms with Crippen LogP contribution in [0.3, 0.4) is 0 Å². The van der Waals surface area contributed by atoms with Gasteiger partial charge in [-0.15, -0.1) is 5.92 Å². The van der Waals surface area contributed by atoms with Crippen LogP contribution in [-0.4, -0.2) is 75.6 Å². The molecule has 1 saturated heterocycles. The largest absolute Gasteiger partial charge is 0.466 e. The number of amidine groups is 1. The van der Waals surface area contributed by atoms with Crippen molar-refractivity contribution in [3.8, 4) is 11.8 Å². The van der Waals surface area contributed by atoms with E-state index in [-0.39, 0.29) is 30.1 Å². The van der Waals surface area contributed by atoms with E-state index in [4.69, 9.17) is 14.2 Å². The number of hydrogen-bond acceptors (Lipinski definition) is 8. The van der Waals surface area contributed by atoms with Crippen LogP contribution in [0.25, 0.3) is 0 Å². The third-order valence-corrected chi connectivity index (χ3v) is 6.64. The van der Waals surface area contributed by atoms with Gasteiger partial charge in [0.25, 0.3) is 0 Å². The normalized spacial score (nSPS) is 22.8. The SMILES string of the molecule is CC#CCN1c2ccccc2[C@]23CCC(=O)N(CCOC)C2=NC(C(=O)OC)=C(C(=O)OC)[C@H]13. The molecule has 0 radical (unpaired) electrons. The molecule has 9 heteroatoms. The van der Waals surface area contributed by atoms with Crippen LogP contribution in [0, 0.1) is 11.8 Å². The van der Waals surface area contributed by atoms with E-state index in [0.717, 1.165) is 11.3 Å². The molecule has 0 N–H and O–H groups in total. The monoisotopic (exact) mass is 465 g/mol. The highest BCUT2D eigenvalue weighted by Gasteiger charge is 2.63. The Morgan fingerprint density at radius 1 is 1.18 bits per heavy atom. The molecule has 0 saturated carbocycles. The minimum absolute atomic E-state index is 0.105. The van der Waals surface area contributed by atoms with Crippen LogP contribution < -0.4 is 4.90 Å². The number of methoxy groups -OCH3 is 3. The molecule has 3 aliphatic heterocycles. The number of fused-ring (bicyclic) bond motifs is 1. The lowest BCUT2D eigenvalue weighted by atomic mass is 9.65. The number of hydrogen-bond donors (Lipinski definition) is 0. The molecule has 2 atom stereocenters. The minimum atomic E-state index is -0.852. The van der Waals surface area contributed by atoms with Gasteiger partial charge in [-0.05, 0) is 25.0 Å². The van der Waals surface area contributed by atoms with Crippen LogP contribution >= 0.6 is 0 Å². The van der Waals surface area contributed by atoms with Crippen molar-refractivity contribution >= 4 is 29.4 Å². The molecule has 34 heavy (non-hydrogen) atoms. The van der Waals surface area contributed by atoms with Crippen molar-refractivity contribution in [2.45, 2.75) is 31.2 Å². The number of carbonyl (C=O) groups excluding carboxylic acids is 3. The zero-order valence-corrected chi connectivity index (χ0v) is 19.7. The van der Waals surface area contributed by atoms with E-state index >= 15 is 0 Å². The number of para-hydroxylation sites is 1. The van der Waals surface area contributed by atoms with Gasteiger partial charge in [0.05, 0.1) is 50.9 Å². The molecular weight excluding hydrogens is 438 g/mol. The zero-order valence-electron chi connectivity index (χ0n) is 19.7. The Labute approximate surface area is 198 Å². The fourth-order valence-electron chi connectivity index (χ4n) is 5.26. The summed E-state index contributed by atoms with van der Waals surface area (Å²) in [4.78, 5) is 47.4. The van der Waals surface area contributed by atoms with E-state index in [0.29, 0.717) is 25.4 Å². The number of esters is 2. The first-order valence-electron chi connectivity index (χ1n) is 11.0. The summed E-state index contributed by atoms with van der Waals surface area (Å²) in [7, 11) is 4.05. The summed E-state index contributed by atoms with van der Waals surface area (Å²) in [5, 5.41) is 0. The summed E-state index contributed by atoms with van der Waals surface area (Å²) in [6.07, 6.45) is 0.670. The van der Waals surface area contributed by atoms with Crippen LogP contribution in [0.5, 0.6) is 0 Å². The van der Waals surface area contributed by atoms with E-state index in [2.05, 4.69) is 16.8 Å². The first-order chi connectivity index (χ1) is 16.5. The van der Waals surface area contributed by atoms with Gasteiger partial charge in [0.1, 0.15) is 5.84 Å². The van der Waals surface area contributed by atoms with Gasteiger partial charge in [0, 0.05) is 19.2 Å². The topological polar surface area (TPSA) is 97.7 Å². The molecule has 0 aromatic heterocycles. The highest BCUT2D eigenvalue weighted by molar-refractivity contribution is 6.15. The maximum absolute atomic E-state index is 13.2. The second kappa shape index (κ2) is 9.31. The van der Waals surface area contributed by atoms with E-state index in [1.165, 1.54) is 14.2 Å². The van der Waals surface area contributed by atoms with Crippen LogP contribution in [-0.2, 0) is 34.0 Å². The van der Waals surface area contributed by atoms with Gasteiger partial charge >= 0.3 is 11.9 Å². The number of anilines is 1. The van der Waals surface area contributed by atoms with Crippen molar-refractivity contribution < 1.29 is 28.6 Å². The van der Waals surface area contributed by atoms with Crippen molar-refractivity contribution in [3.63, 3.8) is 0 Å². The summed E-state index contributed by atoms with van der Waals surface area (Å²) >= 11 is 0. The lowest BCUT2D eigenvalue weighted by molar-refractivity contribution is -0.140. The number of likely N-dealkylation sites (tertiary alicyclic amines) is 1. The summed E-state index contributed by atoms with van der Waals surface area (Å²) in [6, 6.07) is 7.12. The average Bonchev–Trinajstić information content (AvgIpc) is 3.14. The Bertz CT molecular complexity index is 1160. The Hall–Kier alpha value is -3.64. The Morgan fingerprint density at radius 2 is 1.91 bits per heavy atom. The van der Waals surface area contributed by atoms with Gasteiger partial charge in [-0.25, -0.2) is 14.6 Å². The lowest BCUT2D eigenvalue weighted by Crippen LogP contribution is -2.63. The number of benzene rings is 1. The number of aliphatic imine (C=N–C) groups is 1. The molecule has 3 heterocycles. The first kappa shape index (κ1) is 23.5. The standard InChI is InChI=1S/C25H27N3O6/c1-5-6-13-27-17-10-8-7-9-16(17)25-12-11-18(29)28(14-15-32-2)24(25)26-20(23(31)34-4)19(21(25)27)22(30)33-3/h7-10,21H,11-15H2,1-4H3/t21-,25-/m0/s1. The Kier molecular flexibility index (Phi) is 6.44. The van der Waals surface area contributed by atoms with Crippen LogP contribution in [0.4, 0.5) is 5.69 Å². The molecule has 0 bridgehead atoms. The molecular formula is C25H27N3O6. The summed E-state index contributed by atoms with van der Waals surface area (Å²) in [5.41, 5.74) is 0.889. The molecule has 9 nitrogen and oxygen atoms in total. The lowest BCUT2D eigenvalue weighted by Gasteiger charge is -2.48. The third-order valence-electron chi connectivity index (χ3n) is 6.64.